The summed E-state index contributed by atoms with van der Waals surface area (Å²) in [4.78, 5) is 24.0. The van der Waals surface area contributed by atoms with E-state index in [1.807, 2.05) is 23.1 Å². The van der Waals surface area contributed by atoms with Gasteiger partial charge in [0.15, 0.2) is 0 Å². The third-order valence-electron chi connectivity index (χ3n) is 7.31. The van der Waals surface area contributed by atoms with Gasteiger partial charge in [-0.25, -0.2) is 9.97 Å². The van der Waals surface area contributed by atoms with Crippen molar-refractivity contribution >= 4 is 16.9 Å². The minimum Gasteiger partial charge on any atom is -0.497 e. The standard InChI is InChI=1S/C26H32N4O3/c1-17-18(2)30(20-8-4-5-9-20)24-23(17)25(28-16-27-24)33-21-11-13-29(14-12-21)26(31)19-7-6-10-22(15-19)32-3/h6-7,10,15-16,20-21H,4-5,8-9,11-14H2,1-3H3. The Kier molecular flexibility index (Phi) is 5.96. The Hall–Kier alpha value is -3.09. The van der Waals surface area contributed by atoms with E-state index in [0.717, 1.165) is 23.9 Å². The second kappa shape index (κ2) is 9.04. The first-order chi connectivity index (χ1) is 16.1. The molecule has 2 aliphatic rings. The van der Waals surface area contributed by atoms with Crippen LogP contribution in [0.4, 0.5) is 0 Å². The maximum absolute atomic E-state index is 12.9. The number of hydrogen-bond donors (Lipinski definition) is 0. The van der Waals surface area contributed by atoms with Crippen molar-refractivity contribution in [1.29, 1.82) is 0 Å². The molecule has 0 bridgehead atoms. The number of fused-ring (bicyclic) bond motifs is 1. The number of ether oxygens (including phenoxy) is 2. The van der Waals surface area contributed by atoms with Crippen LogP contribution in [0.15, 0.2) is 30.6 Å². The van der Waals surface area contributed by atoms with E-state index in [1.165, 1.54) is 36.9 Å². The number of amides is 1. The number of piperidine rings is 1. The molecule has 0 unspecified atom stereocenters. The zero-order chi connectivity index (χ0) is 22.9. The van der Waals surface area contributed by atoms with Gasteiger partial charge in [-0.05, 0) is 50.5 Å². The highest BCUT2D eigenvalue weighted by Crippen LogP contribution is 2.38. The number of aryl methyl sites for hydroxylation is 1. The lowest BCUT2D eigenvalue weighted by Gasteiger charge is -2.32. The van der Waals surface area contributed by atoms with Gasteiger partial charge in [-0.3, -0.25) is 4.79 Å². The quantitative estimate of drug-likeness (QED) is 0.558. The highest BCUT2D eigenvalue weighted by Gasteiger charge is 2.28. The lowest BCUT2D eigenvalue weighted by Crippen LogP contribution is -2.41. The lowest BCUT2D eigenvalue weighted by atomic mass is 10.1. The van der Waals surface area contributed by atoms with Crippen molar-refractivity contribution in [3.63, 3.8) is 0 Å². The van der Waals surface area contributed by atoms with Gasteiger partial charge in [0.05, 0.1) is 12.5 Å². The Morgan fingerprint density at radius 3 is 2.55 bits per heavy atom. The van der Waals surface area contributed by atoms with Gasteiger partial charge in [-0.2, -0.15) is 0 Å². The fourth-order valence-corrected chi connectivity index (χ4v) is 5.36. The van der Waals surface area contributed by atoms with E-state index in [2.05, 4.69) is 28.4 Å². The largest absolute Gasteiger partial charge is 0.497 e. The van der Waals surface area contributed by atoms with E-state index in [4.69, 9.17) is 9.47 Å². The summed E-state index contributed by atoms with van der Waals surface area (Å²) >= 11 is 0. The summed E-state index contributed by atoms with van der Waals surface area (Å²) in [7, 11) is 1.61. The molecule has 2 fully saturated rings. The number of carbonyl (C=O) groups is 1. The first-order valence-corrected chi connectivity index (χ1v) is 12.0. The summed E-state index contributed by atoms with van der Waals surface area (Å²) in [6.07, 6.45) is 8.21. The molecule has 1 amide bonds. The summed E-state index contributed by atoms with van der Waals surface area (Å²) in [5.41, 5.74) is 4.12. The van der Waals surface area contributed by atoms with Crippen molar-refractivity contribution in [2.45, 2.75) is 64.5 Å². The monoisotopic (exact) mass is 448 g/mol. The predicted octanol–water partition coefficient (Wildman–Crippen LogP) is 4.86. The number of likely N-dealkylation sites (tertiary alicyclic amines) is 1. The molecule has 1 aliphatic heterocycles. The van der Waals surface area contributed by atoms with Crippen LogP contribution in [0, 0.1) is 13.8 Å². The predicted molar refractivity (Wildman–Crippen MR) is 127 cm³/mol. The van der Waals surface area contributed by atoms with Crippen molar-refractivity contribution in [3.8, 4) is 11.6 Å². The van der Waals surface area contributed by atoms with Crippen LogP contribution in [0.5, 0.6) is 11.6 Å². The molecule has 1 saturated heterocycles. The number of methoxy groups -OCH3 is 1. The minimum atomic E-state index is 0.0343. The lowest BCUT2D eigenvalue weighted by molar-refractivity contribution is 0.0590. The first kappa shape index (κ1) is 21.7. The van der Waals surface area contributed by atoms with Crippen molar-refractivity contribution in [3.05, 3.63) is 47.4 Å². The third kappa shape index (κ3) is 4.05. The Labute approximate surface area is 194 Å². The Bertz CT molecular complexity index is 1160. The molecule has 1 aromatic carbocycles. The summed E-state index contributed by atoms with van der Waals surface area (Å²) < 4.78 is 14.1. The molecule has 33 heavy (non-hydrogen) atoms. The smallest absolute Gasteiger partial charge is 0.253 e. The van der Waals surface area contributed by atoms with E-state index < -0.39 is 0 Å². The fraction of sp³-hybridized carbons (Fsp3) is 0.500. The molecule has 174 valence electrons. The number of aromatic nitrogens is 3. The van der Waals surface area contributed by atoms with E-state index >= 15 is 0 Å². The minimum absolute atomic E-state index is 0.0343. The number of rotatable bonds is 5. The molecular weight excluding hydrogens is 416 g/mol. The molecule has 2 aromatic heterocycles. The van der Waals surface area contributed by atoms with E-state index in [-0.39, 0.29) is 12.0 Å². The molecule has 5 rings (SSSR count). The summed E-state index contributed by atoms with van der Waals surface area (Å²) in [5, 5.41) is 1.04. The van der Waals surface area contributed by atoms with E-state index in [1.54, 1.807) is 19.5 Å². The molecule has 7 heteroatoms. The second-order valence-corrected chi connectivity index (χ2v) is 9.24. The topological polar surface area (TPSA) is 69.5 Å². The normalized spacial score (nSPS) is 17.6. The Morgan fingerprint density at radius 1 is 1.06 bits per heavy atom. The zero-order valence-electron chi connectivity index (χ0n) is 19.7. The average molecular weight is 449 g/mol. The molecule has 3 aromatic rings. The van der Waals surface area contributed by atoms with Gasteiger partial charge in [0.25, 0.3) is 5.91 Å². The van der Waals surface area contributed by atoms with Gasteiger partial charge < -0.3 is 18.9 Å². The molecule has 0 atom stereocenters. The van der Waals surface area contributed by atoms with Crippen LogP contribution in [-0.4, -0.2) is 51.6 Å². The number of nitrogens with zero attached hydrogens (tertiary/aromatic N) is 4. The summed E-state index contributed by atoms with van der Waals surface area (Å²) in [6.45, 7) is 5.66. The van der Waals surface area contributed by atoms with Gasteiger partial charge in [0.1, 0.15) is 23.8 Å². The molecule has 0 radical (unpaired) electrons. The van der Waals surface area contributed by atoms with Crippen molar-refractivity contribution < 1.29 is 14.3 Å². The van der Waals surface area contributed by atoms with Crippen LogP contribution < -0.4 is 9.47 Å². The summed E-state index contributed by atoms with van der Waals surface area (Å²) in [6, 6.07) is 7.86. The fourth-order valence-electron chi connectivity index (χ4n) is 5.36. The molecule has 3 heterocycles. The molecule has 7 nitrogen and oxygen atoms in total. The maximum atomic E-state index is 12.9. The van der Waals surface area contributed by atoms with Gasteiger partial charge in [0.2, 0.25) is 5.88 Å². The van der Waals surface area contributed by atoms with Gasteiger partial charge in [0, 0.05) is 43.2 Å². The molecular formula is C26H32N4O3. The zero-order valence-corrected chi connectivity index (χ0v) is 19.7. The summed E-state index contributed by atoms with van der Waals surface area (Å²) in [5.74, 6) is 1.41. The Morgan fingerprint density at radius 2 is 1.82 bits per heavy atom. The Balaban J connectivity index is 1.30. The molecule has 0 N–H and O–H groups in total. The van der Waals surface area contributed by atoms with Crippen molar-refractivity contribution in [2.75, 3.05) is 20.2 Å². The maximum Gasteiger partial charge on any atom is 0.253 e. The number of hydrogen-bond acceptors (Lipinski definition) is 5. The molecule has 0 spiro atoms. The van der Waals surface area contributed by atoms with Gasteiger partial charge in [-0.1, -0.05) is 18.9 Å². The SMILES string of the molecule is COc1cccc(C(=O)N2CCC(Oc3ncnc4c3c(C)c(C)n4C3CCCC3)CC2)c1. The van der Waals surface area contributed by atoms with Crippen LogP contribution in [0.1, 0.15) is 66.2 Å². The first-order valence-electron chi connectivity index (χ1n) is 12.0. The van der Waals surface area contributed by atoms with Crippen molar-refractivity contribution in [2.24, 2.45) is 0 Å². The third-order valence-corrected chi connectivity index (χ3v) is 7.31. The molecule has 1 saturated carbocycles. The van der Waals surface area contributed by atoms with Crippen LogP contribution in [0.3, 0.4) is 0 Å². The highest BCUT2D eigenvalue weighted by molar-refractivity contribution is 5.94. The molecule has 1 aliphatic carbocycles. The van der Waals surface area contributed by atoms with Gasteiger partial charge >= 0.3 is 0 Å². The highest BCUT2D eigenvalue weighted by atomic mass is 16.5. The van der Waals surface area contributed by atoms with E-state index in [0.29, 0.717) is 36.3 Å². The van der Waals surface area contributed by atoms with E-state index in [9.17, 15) is 4.79 Å². The average Bonchev–Trinajstić information content (AvgIpc) is 3.46. The second-order valence-electron chi connectivity index (χ2n) is 9.24. The number of carbonyl (C=O) groups excluding carboxylic acids is 1. The van der Waals surface area contributed by atoms with Crippen LogP contribution in [0.2, 0.25) is 0 Å². The van der Waals surface area contributed by atoms with Gasteiger partial charge in [-0.15, -0.1) is 0 Å². The van der Waals surface area contributed by atoms with Crippen LogP contribution in [0.25, 0.3) is 11.0 Å². The number of benzene rings is 1. The van der Waals surface area contributed by atoms with Crippen LogP contribution >= 0.6 is 0 Å². The van der Waals surface area contributed by atoms with Crippen LogP contribution in [-0.2, 0) is 0 Å². The van der Waals surface area contributed by atoms with Crippen molar-refractivity contribution in [1.82, 2.24) is 19.4 Å².